The summed E-state index contributed by atoms with van der Waals surface area (Å²) in [7, 11) is 0. The van der Waals surface area contributed by atoms with Crippen molar-refractivity contribution >= 4 is 5.97 Å². The lowest BCUT2D eigenvalue weighted by molar-refractivity contribution is -0.337. The smallest absolute Gasteiger partial charge is 0.367 e. The lowest BCUT2D eigenvalue weighted by Gasteiger charge is -2.44. The van der Waals surface area contributed by atoms with Gasteiger partial charge in [-0.1, -0.05) is 0 Å². The third-order valence-corrected chi connectivity index (χ3v) is 2.90. The van der Waals surface area contributed by atoms with Gasteiger partial charge in [-0.25, -0.2) is 9.18 Å². The maximum Gasteiger partial charge on any atom is 0.367 e. The molecule has 1 saturated heterocycles. The van der Waals surface area contributed by atoms with E-state index in [1.165, 1.54) is 0 Å². The van der Waals surface area contributed by atoms with Crippen LogP contribution in [0.15, 0.2) is 0 Å². The molecule has 1 unspecified atom stereocenters. The molecular weight excluding hydrogens is 271 g/mol. The van der Waals surface area contributed by atoms with E-state index in [0.29, 0.717) is 0 Å². The normalized spacial score (nSPS) is 42.7. The first-order chi connectivity index (χ1) is 8.66. The van der Waals surface area contributed by atoms with Crippen LogP contribution in [0.5, 0.6) is 0 Å². The quantitative estimate of drug-likeness (QED) is 0.272. The summed E-state index contributed by atoms with van der Waals surface area (Å²) in [6.07, 6.45) is -13.2. The Kier molecular flexibility index (Phi) is 4.79. The fourth-order valence-corrected chi connectivity index (χ4v) is 1.71. The highest BCUT2D eigenvalue weighted by Crippen LogP contribution is 2.32. The summed E-state index contributed by atoms with van der Waals surface area (Å²) in [6.45, 7) is -0.964. The summed E-state index contributed by atoms with van der Waals surface area (Å²) in [5.74, 6) is -5.67. The average Bonchev–Trinajstić information content (AvgIpc) is 2.38. The second kappa shape index (κ2) is 5.63. The second-order valence-corrected chi connectivity index (χ2v) is 4.21. The molecule has 112 valence electrons. The predicted molar refractivity (Wildman–Crippen MR) is 53.5 cm³/mol. The van der Waals surface area contributed by atoms with Gasteiger partial charge in [0, 0.05) is 0 Å². The van der Waals surface area contributed by atoms with Crippen molar-refractivity contribution in [2.45, 2.75) is 42.5 Å². The van der Waals surface area contributed by atoms with Crippen LogP contribution in [-0.2, 0) is 9.53 Å². The Morgan fingerprint density at radius 2 is 1.84 bits per heavy atom. The van der Waals surface area contributed by atoms with Crippen molar-refractivity contribution in [3.05, 3.63) is 0 Å². The lowest BCUT2D eigenvalue weighted by atomic mass is 9.89. The van der Waals surface area contributed by atoms with Crippen LogP contribution in [0.3, 0.4) is 0 Å². The van der Waals surface area contributed by atoms with Gasteiger partial charge in [0.15, 0.2) is 6.17 Å². The number of hydrogen-bond donors (Lipinski definition) is 7. The highest BCUT2D eigenvalue weighted by atomic mass is 19.1. The molecule has 10 heteroatoms. The zero-order chi connectivity index (χ0) is 15.0. The van der Waals surface area contributed by atoms with Crippen LogP contribution in [0, 0.1) is 0 Å². The van der Waals surface area contributed by atoms with Gasteiger partial charge in [-0.15, -0.1) is 0 Å². The Bertz CT molecular complexity index is 336. The van der Waals surface area contributed by atoms with Gasteiger partial charge < -0.3 is 40.5 Å². The third-order valence-electron chi connectivity index (χ3n) is 2.90. The number of ether oxygens (including phenoxy) is 1. The van der Waals surface area contributed by atoms with Crippen LogP contribution in [0.4, 0.5) is 4.39 Å². The standard InChI is InChI=1S/C9H15FO9/c10-7-5(15)4(14)6(3(13)2(12)1-11)19-9(7,18)8(16)17/h2-7,11-15,18H,1H2,(H,16,17)/t2-,3+,4-,5-,6?,7-,9-/m1/s1. The molecule has 0 aliphatic carbocycles. The molecule has 0 aromatic rings. The van der Waals surface area contributed by atoms with Crippen LogP contribution in [0.1, 0.15) is 0 Å². The van der Waals surface area contributed by atoms with Gasteiger partial charge in [-0.2, -0.15) is 0 Å². The molecule has 1 heterocycles. The molecule has 9 nitrogen and oxygen atoms in total. The number of carboxylic acid groups (broad SMARTS) is 1. The topological polar surface area (TPSA) is 168 Å². The zero-order valence-corrected chi connectivity index (χ0v) is 9.50. The minimum atomic E-state index is -3.49. The summed E-state index contributed by atoms with van der Waals surface area (Å²) < 4.78 is 17.9. The molecule has 1 rings (SSSR count). The number of aliphatic carboxylic acids is 1. The van der Waals surface area contributed by atoms with Gasteiger partial charge in [-0.05, 0) is 0 Å². The molecule has 7 atom stereocenters. The van der Waals surface area contributed by atoms with Gasteiger partial charge in [0.05, 0.1) is 6.61 Å². The molecule has 19 heavy (non-hydrogen) atoms. The Balaban J connectivity index is 3.04. The van der Waals surface area contributed by atoms with Gasteiger partial charge in [0.1, 0.15) is 30.5 Å². The maximum atomic E-state index is 13.5. The van der Waals surface area contributed by atoms with E-state index in [9.17, 15) is 29.6 Å². The molecule has 1 aliphatic rings. The molecule has 0 bridgehead atoms. The number of aliphatic hydroxyl groups excluding tert-OH is 5. The Labute approximate surface area is 106 Å². The number of carbonyl (C=O) groups is 1. The molecule has 0 radical (unpaired) electrons. The minimum Gasteiger partial charge on any atom is -0.477 e. The molecule has 0 aromatic heterocycles. The number of rotatable bonds is 4. The highest BCUT2D eigenvalue weighted by Gasteiger charge is 2.60. The molecule has 0 spiro atoms. The monoisotopic (exact) mass is 286 g/mol. The van der Waals surface area contributed by atoms with Crippen LogP contribution in [-0.4, -0.2) is 90.8 Å². The number of carboxylic acids is 1. The fraction of sp³-hybridized carbons (Fsp3) is 0.889. The van der Waals surface area contributed by atoms with Crippen molar-refractivity contribution in [1.82, 2.24) is 0 Å². The molecular formula is C9H15FO9. The largest absolute Gasteiger partial charge is 0.477 e. The van der Waals surface area contributed by atoms with Crippen molar-refractivity contribution in [2.24, 2.45) is 0 Å². The summed E-state index contributed by atoms with van der Waals surface area (Å²) in [5.41, 5.74) is 0. The van der Waals surface area contributed by atoms with Gasteiger partial charge in [0.25, 0.3) is 0 Å². The average molecular weight is 286 g/mol. The molecule has 7 N–H and O–H groups in total. The number of alkyl halides is 1. The molecule has 0 aromatic carbocycles. The van der Waals surface area contributed by atoms with Crippen molar-refractivity contribution in [3.63, 3.8) is 0 Å². The van der Waals surface area contributed by atoms with E-state index in [2.05, 4.69) is 4.74 Å². The van der Waals surface area contributed by atoms with Crippen LogP contribution < -0.4 is 0 Å². The highest BCUT2D eigenvalue weighted by molar-refractivity contribution is 5.76. The zero-order valence-electron chi connectivity index (χ0n) is 9.50. The SMILES string of the molecule is O=C(O)[C@]1(O)OC([C@@H](O)[C@H](O)CO)[C@H](O)[C@@H](O)[C@H]1F. The van der Waals surface area contributed by atoms with Gasteiger partial charge >= 0.3 is 11.8 Å². The van der Waals surface area contributed by atoms with E-state index >= 15 is 0 Å². The lowest BCUT2D eigenvalue weighted by Crippen LogP contribution is -2.69. The van der Waals surface area contributed by atoms with Crippen LogP contribution in [0.25, 0.3) is 0 Å². The minimum absolute atomic E-state index is 0.964. The van der Waals surface area contributed by atoms with E-state index in [4.69, 9.17) is 15.3 Å². The molecule has 0 saturated carbocycles. The number of halogens is 1. The summed E-state index contributed by atoms with van der Waals surface area (Å²) in [5, 5.41) is 64.2. The first kappa shape index (κ1) is 16.2. The Hall–Kier alpha value is -0.880. The number of aliphatic hydroxyl groups is 6. The van der Waals surface area contributed by atoms with Gasteiger partial charge in [-0.3, -0.25) is 0 Å². The first-order valence-electron chi connectivity index (χ1n) is 5.27. The fourth-order valence-electron chi connectivity index (χ4n) is 1.71. The Morgan fingerprint density at radius 3 is 2.26 bits per heavy atom. The van der Waals surface area contributed by atoms with Gasteiger partial charge in [0.2, 0.25) is 0 Å². The van der Waals surface area contributed by atoms with E-state index in [1.807, 2.05) is 0 Å². The molecule has 1 aliphatic heterocycles. The van der Waals surface area contributed by atoms with Crippen molar-refractivity contribution in [1.29, 1.82) is 0 Å². The first-order valence-corrected chi connectivity index (χ1v) is 5.27. The Morgan fingerprint density at radius 1 is 1.32 bits per heavy atom. The van der Waals surface area contributed by atoms with Crippen molar-refractivity contribution < 1.29 is 49.7 Å². The summed E-state index contributed by atoms with van der Waals surface area (Å²) >= 11 is 0. The summed E-state index contributed by atoms with van der Waals surface area (Å²) in [4.78, 5) is 10.7. The number of hydrogen-bond acceptors (Lipinski definition) is 8. The maximum absolute atomic E-state index is 13.5. The third kappa shape index (κ3) is 2.69. The van der Waals surface area contributed by atoms with Crippen LogP contribution in [0.2, 0.25) is 0 Å². The van der Waals surface area contributed by atoms with E-state index in [-0.39, 0.29) is 0 Å². The predicted octanol–water partition coefficient (Wildman–Crippen LogP) is -4.07. The van der Waals surface area contributed by atoms with Crippen LogP contribution >= 0.6 is 0 Å². The van der Waals surface area contributed by atoms with E-state index in [0.717, 1.165) is 0 Å². The molecule has 1 fully saturated rings. The van der Waals surface area contributed by atoms with Crippen molar-refractivity contribution in [2.75, 3.05) is 6.61 Å². The summed E-state index contributed by atoms with van der Waals surface area (Å²) in [6, 6.07) is 0. The molecule has 0 amide bonds. The second-order valence-electron chi connectivity index (χ2n) is 4.21. The van der Waals surface area contributed by atoms with E-state index < -0.39 is 55.1 Å². The van der Waals surface area contributed by atoms with Crippen molar-refractivity contribution in [3.8, 4) is 0 Å². The van der Waals surface area contributed by atoms with E-state index in [1.54, 1.807) is 0 Å².